The van der Waals surface area contributed by atoms with Gasteiger partial charge in [0.05, 0.1) is 0 Å². The van der Waals surface area contributed by atoms with Gasteiger partial charge in [0.1, 0.15) is 6.10 Å². The summed E-state index contributed by atoms with van der Waals surface area (Å²) in [6, 6.07) is 0. The van der Waals surface area contributed by atoms with Gasteiger partial charge in [-0.1, -0.05) is 13.5 Å². The molecular formula is C27H36O2. The van der Waals surface area contributed by atoms with Crippen LogP contribution in [0.4, 0.5) is 0 Å². The summed E-state index contributed by atoms with van der Waals surface area (Å²) in [5.41, 5.74) is 0.571. The SMILES string of the molecule is C=C(C)C(=O)OC1CC2CC1C1C3CC(C21)C1C2CC(C4C5CC(CC5C)C24)C31. The maximum atomic E-state index is 12.2. The largest absolute Gasteiger partial charge is 0.459 e. The topological polar surface area (TPSA) is 26.3 Å². The molecule has 8 rings (SSSR count). The number of carbonyl (C=O) groups excluding carboxylic acids is 1. The molecular weight excluding hydrogens is 356 g/mol. The summed E-state index contributed by atoms with van der Waals surface area (Å²) in [6.45, 7) is 8.18. The molecule has 0 aliphatic heterocycles. The Morgan fingerprint density at radius 1 is 0.690 bits per heavy atom. The van der Waals surface area contributed by atoms with E-state index in [1.54, 1.807) is 32.6 Å². The molecule has 2 nitrogen and oxygen atoms in total. The number of hydrogen-bond acceptors (Lipinski definition) is 2. The average Bonchev–Trinajstić information content (AvgIpc) is 3.49. The van der Waals surface area contributed by atoms with Gasteiger partial charge < -0.3 is 4.74 Å². The molecule has 0 N–H and O–H groups in total. The van der Waals surface area contributed by atoms with E-state index in [0.717, 1.165) is 89.3 Å². The van der Waals surface area contributed by atoms with E-state index < -0.39 is 0 Å². The molecule has 8 aliphatic rings. The Labute approximate surface area is 175 Å². The molecule has 16 atom stereocenters. The fraction of sp³-hybridized carbons (Fsp3) is 0.889. The van der Waals surface area contributed by atoms with Gasteiger partial charge in [0.25, 0.3) is 0 Å². The highest BCUT2D eigenvalue weighted by Crippen LogP contribution is 2.81. The van der Waals surface area contributed by atoms with Crippen molar-refractivity contribution in [3.8, 4) is 0 Å². The molecule has 0 aromatic rings. The smallest absolute Gasteiger partial charge is 0.333 e. The molecule has 0 radical (unpaired) electrons. The fourth-order valence-electron chi connectivity index (χ4n) is 12.7. The first-order valence-corrected chi connectivity index (χ1v) is 12.9. The van der Waals surface area contributed by atoms with E-state index in [2.05, 4.69) is 13.5 Å². The molecule has 8 bridgehead atoms. The Kier molecular flexibility index (Phi) is 3.00. The molecule has 0 aromatic heterocycles. The van der Waals surface area contributed by atoms with E-state index >= 15 is 0 Å². The van der Waals surface area contributed by atoms with E-state index in [9.17, 15) is 4.79 Å². The number of fused-ring (bicyclic) bond motifs is 23. The lowest BCUT2D eigenvalue weighted by Gasteiger charge is -2.51. The van der Waals surface area contributed by atoms with Crippen molar-refractivity contribution >= 4 is 5.97 Å². The number of rotatable bonds is 2. The Bertz CT molecular complexity index is 815. The number of ether oxygens (including phenoxy) is 1. The Balaban J connectivity index is 1.10. The summed E-state index contributed by atoms with van der Waals surface area (Å²) in [5.74, 6) is 15.2. The van der Waals surface area contributed by atoms with Gasteiger partial charge in [-0.2, -0.15) is 0 Å². The van der Waals surface area contributed by atoms with E-state index in [4.69, 9.17) is 4.74 Å². The van der Waals surface area contributed by atoms with Crippen LogP contribution in [0.5, 0.6) is 0 Å². The normalized spacial score (nSPS) is 66.4. The zero-order valence-electron chi connectivity index (χ0n) is 18.0. The van der Waals surface area contributed by atoms with E-state index in [1.807, 2.05) is 0 Å². The fourth-order valence-corrected chi connectivity index (χ4v) is 12.7. The van der Waals surface area contributed by atoms with Crippen molar-refractivity contribution in [2.24, 2.45) is 88.8 Å². The van der Waals surface area contributed by atoms with E-state index in [0.29, 0.717) is 11.5 Å². The summed E-state index contributed by atoms with van der Waals surface area (Å²) < 4.78 is 5.98. The third-order valence-electron chi connectivity index (χ3n) is 12.6. The van der Waals surface area contributed by atoms with Crippen LogP contribution in [0, 0.1) is 88.8 Å². The molecule has 0 amide bonds. The van der Waals surface area contributed by atoms with Crippen LogP contribution >= 0.6 is 0 Å². The van der Waals surface area contributed by atoms with Crippen LogP contribution in [0.3, 0.4) is 0 Å². The summed E-state index contributed by atoms with van der Waals surface area (Å²) >= 11 is 0. The van der Waals surface area contributed by atoms with Gasteiger partial charge in [-0.15, -0.1) is 0 Å². The second-order valence-corrected chi connectivity index (χ2v) is 13.1. The quantitative estimate of drug-likeness (QED) is 0.367. The monoisotopic (exact) mass is 392 g/mol. The van der Waals surface area contributed by atoms with Crippen molar-refractivity contribution in [1.82, 2.24) is 0 Å². The molecule has 2 heteroatoms. The van der Waals surface area contributed by atoms with Crippen LogP contribution in [0.25, 0.3) is 0 Å². The first-order chi connectivity index (χ1) is 14.0. The summed E-state index contributed by atoms with van der Waals surface area (Å²) in [6.07, 6.45) is 9.05. The van der Waals surface area contributed by atoms with Gasteiger partial charge in [-0.05, 0) is 134 Å². The summed E-state index contributed by atoms with van der Waals surface area (Å²) in [7, 11) is 0. The molecule has 8 aliphatic carbocycles. The third-order valence-corrected chi connectivity index (χ3v) is 12.6. The molecule has 0 aromatic carbocycles. The molecule has 156 valence electrons. The lowest BCUT2D eigenvalue weighted by Crippen LogP contribution is -2.48. The minimum absolute atomic E-state index is 0.140. The molecule has 0 spiro atoms. The van der Waals surface area contributed by atoms with Gasteiger partial charge in [-0.25, -0.2) is 4.79 Å². The van der Waals surface area contributed by atoms with Crippen LogP contribution in [-0.4, -0.2) is 12.1 Å². The van der Waals surface area contributed by atoms with Crippen molar-refractivity contribution in [2.75, 3.05) is 0 Å². The highest BCUT2D eigenvalue weighted by Gasteiger charge is 2.76. The van der Waals surface area contributed by atoms with E-state index in [-0.39, 0.29) is 12.1 Å². The Morgan fingerprint density at radius 2 is 1.21 bits per heavy atom. The van der Waals surface area contributed by atoms with Crippen LogP contribution < -0.4 is 0 Å². The lowest BCUT2D eigenvalue weighted by atomic mass is 9.54. The Morgan fingerprint density at radius 3 is 1.86 bits per heavy atom. The maximum Gasteiger partial charge on any atom is 0.333 e. The maximum absolute atomic E-state index is 12.2. The lowest BCUT2D eigenvalue weighted by molar-refractivity contribution is -0.150. The Hall–Kier alpha value is -0.790. The number of carbonyl (C=O) groups is 1. The molecule has 0 heterocycles. The highest BCUT2D eigenvalue weighted by atomic mass is 16.5. The molecule has 29 heavy (non-hydrogen) atoms. The van der Waals surface area contributed by atoms with Gasteiger partial charge in [-0.3, -0.25) is 0 Å². The summed E-state index contributed by atoms with van der Waals surface area (Å²) in [5, 5.41) is 0. The second-order valence-electron chi connectivity index (χ2n) is 13.1. The van der Waals surface area contributed by atoms with Crippen molar-refractivity contribution in [2.45, 2.75) is 58.5 Å². The first-order valence-electron chi connectivity index (χ1n) is 12.9. The third kappa shape index (κ3) is 1.76. The summed E-state index contributed by atoms with van der Waals surface area (Å²) in [4.78, 5) is 12.2. The van der Waals surface area contributed by atoms with Crippen molar-refractivity contribution in [3.63, 3.8) is 0 Å². The van der Waals surface area contributed by atoms with Crippen molar-refractivity contribution < 1.29 is 9.53 Å². The predicted molar refractivity (Wildman–Crippen MR) is 110 cm³/mol. The van der Waals surface area contributed by atoms with Crippen LogP contribution in [0.1, 0.15) is 52.4 Å². The van der Waals surface area contributed by atoms with Crippen molar-refractivity contribution in [1.29, 1.82) is 0 Å². The zero-order chi connectivity index (χ0) is 19.3. The van der Waals surface area contributed by atoms with Crippen LogP contribution in [-0.2, 0) is 9.53 Å². The van der Waals surface area contributed by atoms with Gasteiger partial charge in [0.15, 0.2) is 0 Å². The zero-order valence-corrected chi connectivity index (χ0v) is 18.0. The molecule has 0 saturated heterocycles. The number of esters is 1. The molecule has 8 saturated carbocycles. The van der Waals surface area contributed by atoms with Crippen LogP contribution in [0.15, 0.2) is 12.2 Å². The molecule has 8 fully saturated rings. The van der Waals surface area contributed by atoms with Crippen molar-refractivity contribution in [3.05, 3.63) is 12.2 Å². The molecule has 16 unspecified atom stereocenters. The first kappa shape index (κ1) is 16.8. The number of hydrogen-bond donors (Lipinski definition) is 0. The van der Waals surface area contributed by atoms with E-state index in [1.165, 1.54) is 6.42 Å². The average molecular weight is 393 g/mol. The highest BCUT2D eigenvalue weighted by molar-refractivity contribution is 5.87. The van der Waals surface area contributed by atoms with Gasteiger partial charge >= 0.3 is 5.97 Å². The second kappa shape index (κ2) is 5.16. The van der Waals surface area contributed by atoms with Crippen LogP contribution in [0.2, 0.25) is 0 Å². The predicted octanol–water partition coefficient (Wildman–Crippen LogP) is 5.19. The standard InChI is InChI=1S/C27H36O2/c1-10(2)27(28)29-20-7-13-6-15(20)24-19-9-17(22(13)24)25-16-8-18(26(19)25)23-14-5-12(21(16)23)4-11(14)3/h11-26H,1,4-9H2,2-3H3. The van der Waals surface area contributed by atoms with Gasteiger partial charge in [0.2, 0.25) is 0 Å². The minimum atomic E-state index is -0.140. The van der Waals surface area contributed by atoms with Gasteiger partial charge in [0, 0.05) is 5.57 Å². The minimum Gasteiger partial charge on any atom is -0.459 e.